The molecular formula is C16H18ClN5O2. The second kappa shape index (κ2) is 6.92. The lowest BCUT2D eigenvalue weighted by Gasteiger charge is -2.23. The van der Waals surface area contributed by atoms with E-state index in [9.17, 15) is 9.59 Å². The molecule has 7 nitrogen and oxygen atoms in total. The van der Waals surface area contributed by atoms with E-state index in [2.05, 4.69) is 15.7 Å². The SMILES string of the molecule is CNC(=O)[C@@H]1CCCN1C(=O)Nc1cnn(-c2ccccc2Cl)c1. The normalized spacial score (nSPS) is 16.9. The summed E-state index contributed by atoms with van der Waals surface area (Å²) in [4.78, 5) is 25.8. The Morgan fingerprint density at radius 2 is 2.12 bits per heavy atom. The molecule has 1 fully saturated rings. The van der Waals surface area contributed by atoms with Crippen LogP contribution in [0.2, 0.25) is 5.02 Å². The standard InChI is InChI=1S/C16H18ClN5O2/c1-18-15(23)14-7-4-8-21(14)16(24)20-11-9-19-22(10-11)13-6-3-2-5-12(13)17/h2-3,5-6,9-10,14H,4,7-8H2,1H3,(H,18,23)(H,20,24)/t14-/m0/s1. The molecule has 1 saturated heterocycles. The van der Waals surface area contributed by atoms with Crippen molar-refractivity contribution in [2.24, 2.45) is 0 Å². The highest BCUT2D eigenvalue weighted by atomic mass is 35.5. The smallest absolute Gasteiger partial charge is 0.322 e. The van der Waals surface area contributed by atoms with Crippen LogP contribution in [0.4, 0.5) is 10.5 Å². The molecule has 2 N–H and O–H groups in total. The zero-order valence-electron chi connectivity index (χ0n) is 13.2. The largest absolute Gasteiger partial charge is 0.357 e. The van der Waals surface area contributed by atoms with Gasteiger partial charge in [0.25, 0.3) is 0 Å². The van der Waals surface area contributed by atoms with Crippen LogP contribution in [0.25, 0.3) is 5.69 Å². The molecule has 2 aromatic rings. The number of halogens is 1. The van der Waals surface area contributed by atoms with E-state index in [-0.39, 0.29) is 11.9 Å². The Labute approximate surface area is 144 Å². The second-order valence-corrected chi connectivity index (χ2v) is 5.93. The lowest BCUT2D eigenvalue weighted by atomic mass is 10.2. The number of amides is 3. The van der Waals surface area contributed by atoms with Gasteiger partial charge in [0.05, 0.1) is 28.8 Å². The maximum Gasteiger partial charge on any atom is 0.322 e. The van der Waals surface area contributed by atoms with Gasteiger partial charge in [-0.25, -0.2) is 9.48 Å². The Morgan fingerprint density at radius 3 is 2.88 bits per heavy atom. The van der Waals surface area contributed by atoms with E-state index >= 15 is 0 Å². The molecule has 0 bridgehead atoms. The first kappa shape index (κ1) is 16.3. The fourth-order valence-electron chi connectivity index (χ4n) is 2.80. The summed E-state index contributed by atoms with van der Waals surface area (Å²) < 4.78 is 1.60. The van der Waals surface area contributed by atoms with Gasteiger partial charge in [0.1, 0.15) is 6.04 Å². The minimum Gasteiger partial charge on any atom is -0.357 e. The van der Waals surface area contributed by atoms with Crippen molar-refractivity contribution in [1.82, 2.24) is 20.0 Å². The van der Waals surface area contributed by atoms with Crippen LogP contribution in [0.3, 0.4) is 0 Å². The van der Waals surface area contributed by atoms with E-state index in [4.69, 9.17) is 11.6 Å². The average Bonchev–Trinajstić information content (AvgIpc) is 3.23. The molecule has 3 amide bonds. The van der Waals surface area contributed by atoms with Gasteiger partial charge in [0.15, 0.2) is 0 Å². The highest BCUT2D eigenvalue weighted by Crippen LogP contribution is 2.22. The van der Waals surface area contributed by atoms with Gasteiger partial charge in [0, 0.05) is 13.6 Å². The first-order chi connectivity index (χ1) is 11.6. The molecule has 1 aromatic heterocycles. The second-order valence-electron chi connectivity index (χ2n) is 5.52. The van der Waals surface area contributed by atoms with Crippen molar-refractivity contribution in [2.75, 3.05) is 18.9 Å². The molecule has 1 aliphatic heterocycles. The number of hydrogen-bond donors (Lipinski definition) is 2. The van der Waals surface area contributed by atoms with Gasteiger partial charge < -0.3 is 15.5 Å². The number of likely N-dealkylation sites (tertiary alicyclic amines) is 1. The predicted molar refractivity (Wildman–Crippen MR) is 91.4 cm³/mol. The van der Waals surface area contributed by atoms with Crippen LogP contribution in [-0.2, 0) is 4.79 Å². The van der Waals surface area contributed by atoms with E-state index in [0.29, 0.717) is 23.7 Å². The molecule has 0 unspecified atom stereocenters. The minimum atomic E-state index is -0.423. The Morgan fingerprint density at radius 1 is 1.33 bits per heavy atom. The lowest BCUT2D eigenvalue weighted by molar-refractivity contribution is -0.124. The van der Waals surface area contributed by atoms with E-state index in [1.165, 1.54) is 0 Å². The topological polar surface area (TPSA) is 79.3 Å². The van der Waals surface area contributed by atoms with Crippen molar-refractivity contribution in [2.45, 2.75) is 18.9 Å². The van der Waals surface area contributed by atoms with E-state index in [0.717, 1.165) is 12.1 Å². The number of anilines is 1. The molecule has 3 rings (SSSR count). The van der Waals surface area contributed by atoms with Crippen LogP contribution >= 0.6 is 11.6 Å². The molecule has 0 radical (unpaired) electrons. The molecule has 8 heteroatoms. The van der Waals surface area contributed by atoms with Gasteiger partial charge in [-0.05, 0) is 25.0 Å². The molecule has 126 valence electrons. The monoisotopic (exact) mass is 347 g/mol. The summed E-state index contributed by atoms with van der Waals surface area (Å²) in [5.74, 6) is -0.144. The van der Waals surface area contributed by atoms with E-state index in [1.807, 2.05) is 18.2 Å². The molecule has 0 saturated carbocycles. The van der Waals surface area contributed by atoms with Gasteiger partial charge in [-0.3, -0.25) is 4.79 Å². The number of nitrogens with one attached hydrogen (secondary N) is 2. The highest BCUT2D eigenvalue weighted by Gasteiger charge is 2.33. The average molecular weight is 348 g/mol. The van der Waals surface area contributed by atoms with Crippen LogP contribution in [0.1, 0.15) is 12.8 Å². The Kier molecular flexibility index (Phi) is 4.71. The maximum atomic E-state index is 12.4. The quantitative estimate of drug-likeness (QED) is 0.893. The number of urea groups is 1. The number of rotatable bonds is 3. The third-order valence-corrected chi connectivity index (χ3v) is 4.32. The third kappa shape index (κ3) is 3.21. The minimum absolute atomic E-state index is 0.144. The number of nitrogens with zero attached hydrogens (tertiary/aromatic N) is 3. The predicted octanol–water partition coefficient (Wildman–Crippen LogP) is 2.27. The summed E-state index contributed by atoms with van der Waals surface area (Å²) >= 11 is 6.15. The van der Waals surface area contributed by atoms with Crippen LogP contribution in [0.5, 0.6) is 0 Å². The van der Waals surface area contributed by atoms with Crippen molar-refractivity contribution in [3.63, 3.8) is 0 Å². The molecule has 1 aromatic carbocycles. The number of likely N-dealkylation sites (N-methyl/N-ethyl adjacent to an activating group) is 1. The molecule has 24 heavy (non-hydrogen) atoms. The first-order valence-electron chi connectivity index (χ1n) is 7.69. The Bertz CT molecular complexity index is 760. The van der Waals surface area contributed by atoms with Gasteiger partial charge in [-0.1, -0.05) is 23.7 Å². The number of aromatic nitrogens is 2. The van der Waals surface area contributed by atoms with Crippen LogP contribution < -0.4 is 10.6 Å². The highest BCUT2D eigenvalue weighted by molar-refractivity contribution is 6.32. The van der Waals surface area contributed by atoms with Crippen molar-refractivity contribution in [3.8, 4) is 5.69 Å². The van der Waals surface area contributed by atoms with Gasteiger partial charge in [-0.15, -0.1) is 0 Å². The van der Waals surface area contributed by atoms with Crippen LogP contribution in [0, 0.1) is 0 Å². The lowest BCUT2D eigenvalue weighted by Crippen LogP contribution is -2.46. The van der Waals surface area contributed by atoms with Crippen molar-refractivity contribution >= 4 is 29.2 Å². The number of hydrogen-bond acceptors (Lipinski definition) is 3. The van der Waals surface area contributed by atoms with E-state index in [1.54, 1.807) is 35.1 Å². The molecular weight excluding hydrogens is 330 g/mol. The Hall–Kier alpha value is -2.54. The Balaban J connectivity index is 1.72. The van der Waals surface area contributed by atoms with Gasteiger partial charge >= 0.3 is 6.03 Å². The van der Waals surface area contributed by atoms with Gasteiger partial charge in [-0.2, -0.15) is 5.10 Å². The number of carbonyl (C=O) groups excluding carboxylic acids is 2. The fraction of sp³-hybridized carbons (Fsp3) is 0.312. The molecule has 1 atom stereocenters. The number of para-hydroxylation sites is 1. The molecule has 1 aliphatic rings. The summed E-state index contributed by atoms with van der Waals surface area (Å²) in [6, 6.07) is 6.58. The van der Waals surface area contributed by atoms with Crippen LogP contribution in [0.15, 0.2) is 36.7 Å². The summed E-state index contributed by atoms with van der Waals surface area (Å²) in [5, 5.41) is 10.2. The zero-order chi connectivity index (χ0) is 17.1. The first-order valence-corrected chi connectivity index (χ1v) is 8.06. The molecule has 0 aliphatic carbocycles. The van der Waals surface area contributed by atoms with Crippen molar-refractivity contribution in [1.29, 1.82) is 0 Å². The molecule has 2 heterocycles. The number of benzene rings is 1. The summed E-state index contributed by atoms with van der Waals surface area (Å²) in [5.41, 5.74) is 1.27. The summed E-state index contributed by atoms with van der Waals surface area (Å²) in [7, 11) is 1.57. The van der Waals surface area contributed by atoms with Gasteiger partial charge in [0.2, 0.25) is 5.91 Å². The van der Waals surface area contributed by atoms with Crippen LogP contribution in [-0.4, -0.2) is 46.3 Å². The molecule has 0 spiro atoms. The summed E-state index contributed by atoms with van der Waals surface area (Å²) in [6.07, 6.45) is 4.71. The third-order valence-electron chi connectivity index (χ3n) is 4.00. The zero-order valence-corrected chi connectivity index (χ0v) is 14.0. The fourth-order valence-corrected chi connectivity index (χ4v) is 3.02. The van der Waals surface area contributed by atoms with E-state index < -0.39 is 6.04 Å². The maximum absolute atomic E-state index is 12.4. The van der Waals surface area contributed by atoms with Crippen molar-refractivity contribution in [3.05, 3.63) is 41.7 Å². The van der Waals surface area contributed by atoms with Crippen molar-refractivity contribution < 1.29 is 9.59 Å². The summed E-state index contributed by atoms with van der Waals surface area (Å²) in [6.45, 7) is 0.558. The number of carbonyl (C=O) groups is 2.